The summed E-state index contributed by atoms with van der Waals surface area (Å²) in [7, 11) is 0. The lowest BCUT2D eigenvalue weighted by Crippen LogP contribution is -2.55. The van der Waals surface area contributed by atoms with Crippen molar-refractivity contribution in [3.05, 3.63) is 0 Å². The molecule has 92 valence electrons. The van der Waals surface area contributed by atoms with Gasteiger partial charge < -0.3 is 9.84 Å². The summed E-state index contributed by atoms with van der Waals surface area (Å²) in [5.41, 5.74) is 2.06. The van der Waals surface area contributed by atoms with E-state index in [2.05, 4.69) is 5.43 Å². The van der Waals surface area contributed by atoms with Gasteiger partial charge in [0.25, 0.3) is 0 Å². The largest absolute Gasteiger partial charge is 0.480 e. The number of hydrazine groups is 1. The molecule has 0 aliphatic carbocycles. The van der Waals surface area contributed by atoms with Gasteiger partial charge in [0, 0.05) is 6.54 Å². The van der Waals surface area contributed by atoms with Crippen LogP contribution in [0.15, 0.2) is 0 Å². The van der Waals surface area contributed by atoms with Gasteiger partial charge in [0.05, 0.1) is 0 Å². The summed E-state index contributed by atoms with van der Waals surface area (Å²) < 4.78 is 5.14. The molecular weight excluding hydrogens is 212 g/mol. The molecule has 1 atom stereocenters. The summed E-state index contributed by atoms with van der Waals surface area (Å²) in [5, 5.41) is 10.1. The lowest BCUT2D eigenvalue weighted by atomic mass is 10.1. The number of amides is 1. The van der Waals surface area contributed by atoms with E-state index in [0.29, 0.717) is 19.4 Å². The van der Waals surface area contributed by atoms with Gasteiger partial charge in [0.15, 0.2) is 0 Å². The molecule has 0 spiro atoms. The normalized spacial score (nSPS) is 21.7. The Morgan fingerprint density at radius 3 is 2.56 bits per heavy atom. The number of hydrogen-bond donors (Lipinski definition) is 2. The summed E-state index contributed by atoms with van der Waals surface area (Å²) >= 11 is 0. The zero-order valence-electron chi connectivity index (χ0n) is 9.82. The van der Waals surface area contributed by atoms with E-state index in [1.54, 1.807) is 20.8 Å². The Bertz CT molecular complexity index is 285. The third-order valence-electron chi connectivity index (χ3n) is 2.10. The molecule has 0 radical (unpaired) electrons. The minimum atomic E-state index is -0.951. The van der Waals surface area contributed by atoms with E-state index in [9.17, 15) is 9.59 Å². The van der Waals surface area contributed by atoms with E-state index < -0.39 is 23.7 Å². The molecule has 1 rings (SSSR count). The minimum absolute atomic E-state index is 0.471. The van der Waals surface area contributed by atoms with Gasteiger partial charge in [-0.05, 0) is 33.6 Å². The molecule has 0 bridgehead atoms. The molecule has 0 aromatic rings. The highest BCUT2D eigenvalue weighted by molar-refractivity contribution is 5.75. The molecular formula is C10H18N2O4. The van der Waals surface area contributed by atoms with E-state index in [-0.39, 0.29) is 0 Å². The Morgan fingerprint density at radius 1 is 1.44 bits per heavy atom. The number of aliphatic carboxylic acids is 1. The number of nitrogens with one attached hydrogen (secondary N) is 1. The maximum Gasteiger partial charge on any atom is 0.424 e. The summed E-state index contributed by atoms with van der Waals surface area (Å²) in [6, 6.07) is -0.707. The van der Waals surface area contributed by atoms with E-state index in [0.717, 1.165) is 0 Å². The summed E-state index contributed by atoms with van der Waals surface area (Å²) in [4.78, 5) is 22.4. The number of carboxylic acids is 1. The van der Waals surface area contributed by atoms with Crippen molar-refractivity contribution in [2.45, 2.75) is 45.3 Å². The first-order valence-corrected chi connectivity index (χ1v) is 5.29. The number of hydrogen-bond acceptors (Lipinski definition) is 4. The Labute approximate surface area is 94.5 Å². The molecule has 1 aliphatic heterocycles. The van der Waals surface area contributed by atoms with Crippen molar-refractivity contribution in [1.82, 2.24) is 10.4 Å². The van der Waals surface area contributed by atoms with Crippen LogP contribution in [-0.4, -0.2) is 40.4 Å². The molecule has 6 heteroatoms. The van der Waals surface area contributed by atoms with Crippen LogP contribution in [0.1, 0.15) is 33.6 Å². The van der Waals surface area contributed by atoms with Crippen molar-refractivity contribution in [3.8, 4) is 0 Å². The number of carbonyl (C=O) groups excluding carboxylic acids is 1. The molecule has 0 aromatic heterocycles. The molecule has 1 aliphatic rings. The molecule has 1 heterocycles. The quantitative estimate of drug-likeness (QED) is 0.702. The van der Waals surface area contributed by atoms with Crippen LogP contribution in [0.5, 0.6) is 0 Å². The van der Waals surface area contributed by atoms with Gasteiger partial charge in [0.2, 0.25) is 0 Å². The van der Waals surface area contributed by atoms with E-state index in [1.165, 1.54) is 5.01 Å². The maximum atomic E-state index is 11.6. The first-order chi connectivity index (χ1) is 7.29. The first-order valence-electron chi connectivity index (χ1n) is 5.29. The Balaban J connectivity index is 2.54. The van der Waals surface area contributed by atoms with Crippen molar-refractivity contribution in [3.63, 3.8) is 0 Å². The van der Waals surface area contributed by atoms with E-state index in [4.69, 9.17) is 9.84 Å². The molecule has 6 nitrogen and oxygen atoms in total. The van der Waals surface area contributed by atoms with Crippen LogP contribution in [0.4, 0.5) is 4.79 Å². The highest BCUT2D eigenvalue weighted by Crippen LogP contribution is 2.13. The van der Waals surface area contributed by atoms with Crippen molar-refractivity contribution < 1.29 is 19.4 Å². The predicted molar refractivity (Wildman–Crippen MR) is 56.7 cm³/mol. The van der Waals surface area contributed by atoms with Crippen molar-refractivity contribution in [1.29, 1.82) is 0 Å². The second-order valence-corrected chi connectivity index (χ2v) is 4.79. The van der Waals surface area contributed by atoms with Gasteiger partial charge in [-0.15, -0.1) is 0 Å². The van der Waals surface area contributed by atoms with Gasteiger partial charge in [0.1, 0.15) is 11.6 Å². The highest BCUT2D eigenvalue weighted by atomic mass is 16.6. The lowest BCUT2D eigenvalue weighted by Gasteiger charge is -2.33. The number of carbonyl (C=O) groups is 2. The average Bonchev–Trinajstić information content (AvgIpc) is 2.15. The van der Waals surface area contributed by atoms with Crippen molar-refractivity contribution in [2.75, 3.05) is 6.54 Å². The van der Waals surface area contributed by atoms with Crippen LogP contribution in [-0.2, 0) is 9.53 Å². The van der Waals surface area contributed by atoms with Crippen LogP contribution in [0.25, 0.3) is 0 Å². The highest BCUT2D eigenvalue weighted by Gasteiger charge is 2.30. The molecule has 0 saturated carbocycles. The van der Waals surface area contributed by atoms with Crippen molar-refractivity contribution >= 4 is 12.1 Å². The topological polar surface area (TPSA) is 78.9 Å². The smallest absolute Gasteiger partial charge is 0.424 e. The van der Waals surface area contributed by atoms with E-state index >= 15 is 0 Å². The molecule has 1 fully saturated rings. The van der Waals surface area contributed by atoms with Crippen LogP contribution < -0.4 is 5.43 Å². The van der Waals surface area contributed by atoms with Crippen LogP contribution in [0, 0.1) is 0 Å². The maximum absolute atomic E-state index is 11.6. The SMILES string of the molecule is CC(C)(C)OC(=O)N1CCCC(C(=O)O)N1. The van der Waals surface area contributed by atoms with Crippen LogP contribution >= 0.6 is 0 Å². The number of rotatable bonds is 1. The van der Waals surface area contributed by atoms with E-state index in [1.807, 2.05) is 0 Å². The molecule has 1 unspecified atom stereocenters. The standard InChI is InChI=1S/C10H18N2O4/c1-10(2,3)16-9(15)12-6-4-5-7(11-12)8(13)14/h7,11H,4-6H2,1-3H3,(H,13,14). The van der Waals surface area contributed by atoms with Gasteiger partial charge in [-0.3, -0.25) is 4.79 Å². The first kappa shape index (κ1) is 12.8. The summed E-state index contributed by atoms with van der Waals surface area (Å²) in [6.45, 7) is 5.77. The Morgan fingerprint density at radius 2 is 2.06 bits per heavy atom. The second-order valence-electron chi connectivity index (χ2n) is 4.79. The Hall–Kier alpha value is -1.30. The predicted octanol–water partition coefficient (Wildman–Crippen LogP) is 0.975. The van der Waals surface area contributed by atoms with Gasteiger partial charge in [-0.2, -0.15) is 0 Å². The minimum Gasteiger partial charge on any atom is -0.480 e. The molecule has 0 aromatic carbocycles. The molecule has 1 saturated heterocycles. The Kier molecular flexibility index (Phi) is 3.74. The van der Waals surface area contributed by atoms with Gasteiger partial charge in [-0.25, -0.2) is 15.2 Å². The lowest BCUT2D eigenvalue weighted by molar-refractivity contribution is -0.142. The number of nitrogens with zero attached hydrogens (tertiary/aromatic N) is 1. The summed E-state index contributed by atoms with van der Waals surface area (Å²) in [5.74, 6) is -0.951. The monoisotopic (exact) mass is 230 g/mol. The molecule has 1 amide bonds. The zero-order chi connectivity index (χ0) is 12.3. The third kappa shape index (κ3) is 3.69. The second kappa shape index (κ2) is 4.69. The van der Waals surface area contributed by atoms with Gasteiger partial charge >= 0.3 is 12.1 Å². The fraction of sp³-hybridized carbons (Fsp3) is 0.800. The van der Waals surface area contributed by atoms with Crippen LogP contribution in [0.2, 0.25) is 0 Å². The van der Waals surface area contributed by atoms with Crippen molar-refractivity contribution in [2.24, 2.45) is 0 Å². The summed E-state index contributed by atoms with van der Waals surface area (Å²) in [6.07, 6.45) is 0.649. The fourth-order valence-electron chi connectivity index (χ4n) is 1.41. The fourth-order valence-corrected chi connectivity index (χ4v) is 1.41. The average molecular weight is 230 g/mol. The number of ether oxygens (including phenoxy) is 1. The molecule has 16 heavy (non-hydrogen) atoms. The third-order valence-corrected chi connectivity index (χ3v) is 2.10. The van der Waals surface area contributed by atoms with Gasteiger partial charge in [-0.1, -0.05) is 0 Å². The molecule has 2 N–H and O–H groups in total. The zero-order valence-corrected chi connectivity index (χ0v) is 9.82. The number of carboxylic acid groups (broad SMARTS) is 1. The van der Waals surface area contributed by atoms with Crippen LogP contribution in [0.3, 0.4) is 0 Å².